The van der Waals surface area contributed by atoms with Gasteiger partial charge in [-0.2, -0.15) is 0 Å². The van der Waals surface area contributed by atoms with Gasteiger partial charge >= 0.3 is 0 Å². The van der Waals surface area contributed by atoms with Gasteiger partial charge in [-0.1, -0.05) is 48.2 Å². The molecule has 1 aromatic rings. The Morgan fingerprint density at radius 1 is 1.20 bits per heavy atom. The Hall–Kier alpha value is -0.390. The lowest BCUT2D eigenvalue weighted by molar-refractivity contribution is 0.399. The zero-order valence-corrected chi connectivity index (χ0v) is 14.4. The molecule has 1 aliphatic carbocycles. The third-order valence-electron chi connectivity index (χ3n) is 4.11. The van der Waals surface area contributed by atoms with Gasteiger partial charge in [0.05, 0.1) is 4.90 Å². The maximum atomic E-state index is 12.6. The molecular weight excluding hydrogens is 338 g/mol. The van der Waals surface area contributed by atoms with Crippen LogP contribution in [-0.4, -0.2) is 14.5 Å². The molecule has 0 aliphatic heterocycles. The van der Waals surface area contributed by atoms with E-state index in [-0.39, 0.29) is 6.04 Å². The summed E-state index contributed by atoms with van der Waals surface area (Å²) in [6, 6.07) is 5.43. The van der Waals surface area contributed by atoms with Crippen molar-refractivity contribution in [2.75, 3.05) is 0 Å². The summed E-state index contributed by atoms with van der Waals surface area (Å²) in [4.78, 5) is 0.378. The Labute approximate surface area is 130 Å². The fraction of sp³-hybridized carbons (Fsp3) is 0.600. The summed E-state index contributed by atoms with van der Waals surface area (Å²) in [6.07, 6.45) is 5.56. The molecule has 0 amide bonds. The van der Waals surface area contributed by atoms with Gasteiger partial charge in [-0.15, -0.1) is 0 Å². The van der Waals surface area contributed by atoms with E-state index < -0.39 is 10.0 Å². The van der Waals surface area contributed by atoms with Crippen LogP contribution >= 0.6 is 15.9 Å². The van der Waals surface area contributed by atoms with E-state index in [0.717, 1.165) is 29.3 Å². The fourth-order valence-corrected chi connectivity index (χ4v) is 4.96. The van der Waals surface area contributed by atoms with Gasteiger partial charge in [0.1, 0.15) is 0 Å². The molecule has 0 bridgehead atoms. The molecule has 0 radical (unpaired) electrons. The second-order valence-corrected chi connectivity index (χ2v) is 8.35. The van der Waals surface area contributed by atoms with Gasteiger partial charge in [-0.05, 0) is 43.4 Å². The minimum Gasteiger partial charge on any atom is -0.208 e. The Bertz CT molecular complexity index is 571. The predicted molar refractivity (Wildman–Crippen MR) is 85.2 cm³/mol. The van der Waals surface area contributed by atoms with Crippen LogP contribution in [-0.2, 0) is 10.0 Å². The third kappa shape index (κ3) is 3.83. The highest BCUT2D eigenvalue weighted by Gasteiger charge is 2.26. The second kappa shape index (κ2) is 6.58. The molecule has 5 heteroatoms. The van der Waals surface area contributed by atoms with E-state index in [0.29, 0.717) is 10.8 Å². The van der Waals surface area contributed by atoms with E-state index in [2.05, 4.69) is 27.6 Å². The molecule has 3 nitrogen and oxygen atoms in total. The summed E-state index contributed by atoms with van der Waals surface area (Å²) >= 11 is 3.35. The van der Waals surface area contributed by atoms with Crippen molar-refractivity contribution in [3.05, 3.63) is 28.2 Å². The lowest BCUT2D eigenvalue weighted by Crippen LogP contribution is -2.39. The van der Waals surface area contributed by atoms with Crippen LogP contribution in [0.25, 0.3) is 0 Å². The van der Waals surface area contributed by atoms with Gasteiger partial charge in [-0.25, -0.2) is 13.1 Å². The molecule has 20 heavy (non-hydrogen) atoms. The van der Waals surface area contributed by atoms with Crippen LogP contribution < -0.4 is 4.72 Å². The SMILES string of the molecule is Cc1ccc(Br)cc1S(=O)(=O)NC1CCCCCC1C. The topological polar surface area (TPSA) is 46.2 Å². The van der Waals surface area contributed by atoms with E-state index in [4.69, 9.17) is 0 Å². The summed E-state index contributed by atoms with van der Waals surface area (Å²) in [5.41, 5.74) is 0.780. The largest absolute Gasteiger partial charge is 0.241 e. The lowest BCUT2D eigenvalue weighted by atomic mass is 9.98. The summed E-state index contributed by atoms with van der Waals surface area (Å²) in [6.45, 7) is 3.98. The van der Waals surface area contributed by atoms with Crippen molar-refractivity contribution in [3.63, 3.8) is 0 Å². The Kier molecular flexibility index (Phi) is 5.26. The van der Waals surface area contributed by atoms with Crippen molar-refractivity contribution in [3.8, 4) is 0 Å². The Balaban J connectivity index is 2.24. The van der Waals surface area contributed by atoms with Crippen molar-refractivity contribution < 1.29 is 8.42 Å². The van der Waals surface area contributed by atoms with Crippen molar-refractivity contribution in [2.24, 2.45) is 5.92 Å². The van der Waals surface area contributed by atoms with Crippen LogP contribution in [0.5, 0.6) is 0 Å². The van der Waals surface area contributed by atoms with Crippen LogP contribution in [0.3, 0.4) is 0 Å². The first-order valence-corrected chi connectivity index (χ1v) is 9.46. The molecule has 1 fully saturated rings. The number of hydrogen-bond donors (Lipinski definition) is 1. The van der Waals surface area contributed by atoms with Gasteiger partial charge in [0.15, 0.2) is 0 Å². The number of halogens is 1. The summed E-state index contributed by atoms with van der Waals surface area (Å²) < 4.78 is 28.9. The van der Waals surface area contributed by atoms with E-state index in [1.165, 1.54) is 12.8 Å². The zero-order chi connectivity index (χ0) is 14.8. The molecular formula is C15H22BrNO2S. The number of benzene rings is 1. The minimum absolute atomic E-state index is 0.0564. The van der Waals surface area contributed by atoms with Gasteiger partial charge in [0.2, 0.25) is 10.0 Å². The summed E-state index contributed by atoms with van der Waals surface area (Å²) in [5.74, 6) is 0.403. The predicted octanol–water partition coefficient (Wildman–Crippen LogP) is 4.00. The molecule has 2 atom stereocenters. The maximum Gasteiger partial charge on any atom is 0.241 e. The molecule has 0 aromatic heterocycles. The van der Waals surface area contributed by atoms with Gasteiger partial charge in [-0.3, -0.25) is 0 Å². The highest BCUT2D eigenvalue weighted by molar-refractivity contribution is 9.10. The average Bonchev–Trinajstić information content (AvgIpc) is 2.57. The first-order chi connectivity index (χ1) is 9.40. The standard InChI is InChI=1S/C15H22BrNO2S/c1-11-6-4-3-5-7-14(11)17-20(18,19)15-10-13(16)9-8-12(15)2/h8-11,14,17H,3-7H2,1-2H3. The van der Waals surface area contributed by atoms with Crippen molar-refractivity contribution >= 4 is 26.0 Å². The van der Waals surface area contributed by atoms with Gasteiger partial charge in [0.25, 0.3) is 0 Å². The number of aryl methyl sites for hydroxylation is 1. The van der Waals surface area contributed by atoms with E-state index in [1.54, 1.807) is 6.07 Å². The molecule has 0 saturated heterocycles. The molecule has 1 N–H and O–H groups in total. The number of rotatable bonds is 3. The first kappa shape index (κ1) is 16.0. The molecule has 1 aliphatic rings. The fourth-order valence-electron chi connectivity index (χ4n) is 2.79. The molecule has 1 saturated carbocycles. The van der Waals surface area contributed by atoms with Crippen LogP contribution in [0.1, 0.15) is 44.6 Å². The Morgan fingerprint density at radius 3 is 2.65 bits per heavy atom. The van der Waals surface area contributed by atoms with Gasteiger partial charge < -0.3 is 0 Å². The molecule has 2 unspecified atom stereocenters. The van der Waals surface area contributed by atoms with Crippen LogP contribution in [0.15, 0.2) is 27.6 Å². The van der Waals surface area contributed by atoms with Crippen LogP contribution in [0.4, 0.5) is 0 Å². The van der Waals surface area contributed by atoms with Crippen molar-refractivity contribution in [1.29, 1.82) is 0 Å². The molecule has 112 valence electrons. The van der Waals surface area contributed by atoms with Crippen molar-refractivity contribution in [2.45, 2.75) is 56.9 Å². The molecule has 1 aromatic carbocycles. The third-order valence-corrected chi connectivity index (χ3v) is 6.23. The summed E-state index contributed by atoms with van der Waals surface area (Å²) in [5, 5.41) is 0. The highest BCUT2D eigenvalue weighted by atomic mass is 79.9. The molecule has 0 spiro atoms. The summed E-state index contributed by atoms with van der Waals surface area (Å²) in [7, 11) is -3.44. The monoisotopic (exact) mass is 359 g/mol. The zero-order valence-electron chi connectivity index (χ0n) is 12.0. The average molecular weight is 360 g/mol. The van der Waals surface area contributed by atoms with Crippen LogP contribution in [0, 0.1) is 12.8 Å². The number of hydrogen-bond acceptors (Lipinski definition) is 2. The Morgan fingerprint density at radius 2 is 1.90 bits per heavy atom. The normalized spacial score (nSPS) is 24.4. The first-order valence-electron chi connectivity index (χ1n) is 7.18. The van der Waals surface area contributed by atoms with E-state index in [1.807, 2.05) is 19.1 Å². The highest BCUT2D eigenvalue weighted by Crippen LogP contribution is 2.26. The van der Waals surface area contributed by atoms with Crippen molar-refractivity contribution in [1.82, 2.24) is 4.72 Å². The maximum absolute atomic E-state index is 12.6. The van der Waals surface area contributed by atoms with E-state index >= 15 is 0 Å². The minimum atomic E-state index is -3.44. The molecule has 2 rings (SSSR count). The molecule has 0 heterocycles. The number of sulfonamides is 1. The van der Waals surface area contributed by atoms with Crippen LogP contribution in [0.2, 0.25) is 0 Å². The second-order valence-electron chi connectivity index (χ2n) is 5.75. The quantitative estimate of drug-likeness (QED) is 0.828. The van der Waals surface area contributed by atoms with Gasteiger partial charge in [0, 0.05) is 10.5 Å². The smallest absolute Gasteiger partial charge is 0.208 e. The lowest BCUT2D eigenvalue weighted by Gasteiger charge is -2.23. The number of nitrogens with one attached hydrogen (secondary N) is 1. The van der Waals surface area contributed by atoms with E-state index in [9.17, 15) is 8.42 Å².